The number of aromatic nitrogens is 2. The second-order valence-electron chi connectivity index (χ2n) is 9.50. The van der Waals surface area contributed by atoms with E-state index in [1.165, 1.54) is 11.6 Å². The molecule has 1 aromatic heterocycles. The van der Waals surface area contributed by atoms with Gasteiger partial charge in [0.15, 0.2) is 6.10 Å². The molecule has 3 atom stereocenters. The third-order valence-corrected chi connectivity index (χ3v) is 7.27. The van der Waals surface area contributed by atoms with Crippen LogP contribution < -0.4 is 16.2 Å². The number of anilines is 1. The maximum atomic E-state index is 13.0. The van der Waals surface area contributed by atoms with Crippen LogP contribution in [0.2, 0.25) is 0 Å². The van der Waals surface area contributed by atoms with Crippen molar-refractivity contribution in [3.63, 3.8) is 0 Å². The number of carbonyl (C=O) groups is 4. The maximum Gasteiger partial charge on any atom is 0.327 e. The molecule has 11 nitrogen and oxygen atoms in total. The van der Waals surface area contributed by atoms with Gasteiger partial charge >= 0.3 is 12.0 Å². The molecule has 1 saturated carbocycles. The maximum absolute atomic E-state index is 13.0. The zero-order valence-electron chi connectivity index (χ0n) is 20.9. The molecule has 1 aliphatic heterocycles. The molecule has 2 aliphatic rings. The molecular formula is C25H31N5O6. The SMILES string of the molecule is Cc1c(NC(=O)C(C)OC(=O)CN2C(=O)NC3(CCCCC3C)C2=O)c(=O)n(-c2ccccc2)n1C. The van der Waals surface area contributed by atoms with E-state index in [-0.39, 0.29) is 11.6 Å². The number of nitrogens with zero attached hydrogens (tertiary/aromatic N) is 3. The Labute approximate surface area is 208 Å². The molecule has 4 amide bonds. The van der Waals surface area contributed by atoms with Crippen molar-refractivity contribution in [1.82, 2.24) is 19.6 Å². The molecule has 1 aromatic carbocycles. The number of rotatable bonds is 6. The Kier molecular flexibility index (Phi) is 6.75. The summed E-state index contributed by atoms with van der Waals surface area (Å²) in [6.07, 6.45) is 1.88. The topological polar surface area (TPSA) is 132 Å². The molecule has 1 aliphatic carbocycles. The first kappa shape index (κ1) is 25.2. The number of ether oxygens (including phenoxy) is 1. The van der Waals surface area contributed by atoms with Crippen LogP contribution in [0, 0.1) is 12.8 Å². The zero-order chi connectivity index (χ0) is 26.2. The summed E-state index contributed by atoms with van der Waals surface area (Å²) in [5.41, 5.74) is -0.202. The predicted molar refractivity (Wildman–Crippen MR) is 131 cm³/mol. The summed E-state index contributed by atoms with van der Waals surface area (Å²) in [5, 5.41) is 5.33. The van der Waals surface area contributed by atoms with E-state index in [1.54, 1.807) is 42.9 Å². The van der Waals surface area contributed by atoms with Crippen molar-refractivity contribution >= 4 is 29.5 Å². The third-order valence-electron chi connectivity index (χ3n) is 7.27. The van der Waals surface area contributed by atoms with Gasteiger partial charge in [0, 0.05) is 7.05 Å². The highest BCUT2D eigenvalue weighted by atomic mass is 16.5. The van der Waals surface area contributed by atoms with Crippen molar-refractivity contribution in [2.45, 2.75) is 58.1 Å². The van der Waals surface area contributed by atoms with Gasteiger partial charge in [0.05, 0.1) is 11.4 Å². The second-order valence-corrected chi connectivity index (χ2v) is 9.50. The highest BCUT2D eigenvalue weighted by Crippen LogP contribution is 2.38. The number of amides is 4. The summed E-state index contributed by atoms with van der Waals surface area (Å²) in [5.74, 6) is -2.07. The van der Waals surface area contributed by atoms with E-state index in [4.69, 9.17) is 4.74 Å². The van der Waals surface area contributed by atoms with Crippen LogP contribution in [0.3, 0.4) is 0 Å². The van der Waals surface area contributed by atoms with Gasteiger partial charge in [0.1, 0.15) is 17.8 Å². The number of esters is 1. The highest BCUT2D eigenvalue weighted by molar-refractivity contribution is 6.09. The van der Waals surface area contributed by atoms with E-state index < -0.39 is 47.6 Å². The molecule has 11 heteroatoms. The first-order chi connectivity index (χ1) is 17.1. The average molecular weight is 498 g/mol. The Morgan fingerprint density at radius 1 is 1.19 bits per heavy atom. The van der Waals surface area contributed by atoms with Gasteiger partial charge in [-0.15, -0.1) is 0 Å². The van der Waals surface area contributed by atoms with E-state index >= 15 is 0 Å². The van der Waals surface area contributed by atoms with Gasteiger partial charge in [-0.1, -0.05) is 38.0 Å². The van der Waals surface area contributed by atoms with Gasteiger partial charge in [-0.2, -0.15) is 0 Å². The Balaban J connectivity index is 1.41. The smallest absolute Gasteiger partial charge is 0.327 e. The summed E-state index contributed by atoms with van der Waals surface area (Å²) in [7, 11) is 1.70. The molecule has 4 rings (SSSR count). The van der Waals surface area contributed by atoms with E-state index in [0.717, 1.165) is 24.2 Å². The minimum absolute atomic E-state index is 0.0394. The molecule has 0 bridgehead atoms. The van der Waals surface area contributed by atoms with Crippen molar-refractivity contribution in [1.29, 1.82) is 0 Å². The van der Waals surface area contributed by atoms with Crippen LogP contribution in [0.15, 0.2) is 35.1 Å². The molecule has 2 N–H and O–H groups in total. The first-order valence-corrected chi connectivity index (χ1v) is 12.1. The van der Waals surface area contributed by atoms with Crippen LogP contribution in [0.25, 0.3) is 5.69 Å². The van der Waals surface area contributed by atoms with Crippen molar-refractivity contribution < 1.29 is 23.9 Å². The van der Waals surface area contributed by atoms with E-state index in [1.807, 2.05) is 13.0 Å². The summed E-state index contributed by atoms with van der Waals surface area (Å²) in [4.78, 5) is 64.7. The molecule has 2 heterocycles. The van der Waals surface area contributed by atoms with Crippen LogP contribution in [0.4, 0.5) is 10.5 Å². The largest absolute Gasteiger partial charge is 0.451 e. The minimum atomic E-state index is -1.26. The van der Waals surface area contributed by atoms with Gasteiger partial charge in [-0.3, -0.25) is 28.8 Å². The fourth-order valence-electron chi connectivity index (χ4n) is 4.99. The van der Waals surface area contributed by atoms with Crippen LogP contribution in [-0.4, -0.2) is 56.3 Å². The lowest BCUT2D eigenvalue weighted by Gasteiger charge is -2.36. The van der Waals surface area contributed by atoms with Gasteiger partial charge in [0.2, 0.25) is 0 Å². The standard InChI is InChI=1S/C25H31N5O6/c1-15-10-8-9-13-25(15)23(34)29(24(35)27-25)14-19(31)36-17(3)21(32)26-20-16(2)28(4)30(22(20)33)18-11-6-5-7-12-18/h5-7,11-12,15,17H,8-10,13-14H2,1-4H3,(H,26,32)(H,27,35). The predicted octanol–water partition coefficient (Wildman–Crippen LogP) is 1.86. The molecule has 3 unspecified atom stereocenters. The summed E-state index contributed by atoms with van der Waals surface area (Å²) in [6.45, 7) is 4.37. The lowest BCUT2D eigenvalue weighted by Crippen LogP contribution is -2.54. The fourth-order valence-corrected chi connectivity index (χ4v) is 4.99. The molecule has 36 heavy (non-hydrogen) atoms. The third kappa shape index (κ3) is 4.29. The van der Waals surface area contributed by atoms with Crippen molar-refractivity contribution in [2.75, 3.05) is 11.9 Å². The van der Waals surface area contributed by atoms with Gasteiger partial charge in [0.25, 0.3) is 17.4 Å². The summed E-state index contributed by atoms with van der Waals surface area (Å²) in [6, 6.07) is 8.33. The summed E-state index contributed by atoms with van der Waals surface area (Å²) < 4.78 is 8.24. The Hall–Kier alpha value is -3.89. The number of imide groups is 1. The highest BCUT2D eigenvalue weighted by Gasteiger charge is 2.55. The van der Waals surface area contributed by atoms with Crippen molar-refractivity contribution in [3.05, 3.63) is 46.4 Å². The Morgan fingerprint density at radius 3 is 2.56 bits per heavy atom. The Bertz CT molecular complexity index is 1270. The van der Waals surface area contributed by atoms with E-state index in [2.05, 4.69) is 10.6 Å². The second kappa shape index (κ2) is 9.63. The van der Waals surface area contributed by atoms with Gasteiger partial charge in [-0.05, 0) is 44.7 Å². The van der Waals surface area contributed by atoms with Crippen molar-refractivity contribution in [3.8, 4) is 5.69 Å². The number of benzene rings is 1. The molecular weight excluding hydrogens is 466 g/mol. The molecule has 2 fully saturated rings. The van der Waals surface area contributed by atoms with Crippen LogP contribution in [0.1, 0.15) is 45.2 Å². The molecule has 1 spiro atoms. The number of carbonyl (C=O) groups excluding carboxylic acids is 4. The summed E-state index contributed by atoms with van der Waals surface area (Å²) >= 11 is 0. The zero-order valence-corrected chi connectivity index (χ0v) is 20.9. The molecule has 1 saturated heterocycles. The minimum Gasteiger partial charge on any atom is -0.451 e. The number of para-hydroxylation sites is 1. The number of nitrogens with one attached hydrogen (secondary N) is 2. The lowest BCUT2D eigenvalue weighted by molar-refractivity contribution is -0.155. The molecule has 2 aromatic rings. The van der Waals surface area contributed by atoms with Crippen LogP contribution >= 0.6 is 0 Å². The van der Waals surface area contributed by atoms with Crippen LogP contribution in [-0.2, 0) is 26.2 Å². The van der Waals surface area contributed by atoms with E-state index in [0.29, 0.717) is 17.8 Å². The number of hydrogen-bond donors (Lipinski definition) is 2. The number of hydrogen-bond acceptors (Lipinski definition) is 6. The normalized spacial score (nSPS) is 22.4. The quantitative estimate of drug-likeness (QED) is 0.463. The lowest BCUT2D eigenvalue weighted by atomic mass is 9.73. The van der Waals surface area contributed by atoms with E-state index in [9.17, 15) is 24.0 Å². The molecule has 192 valence electrons. The monoisotopic (exact) mass is 497 g/mol. The van der Waals surface area contributed by atoms with Crippen molar-refractivity contribution in [2.24, 2.45) is 13.0 Å². The van der Waals surface area contributed by atoms with Crippen LogP contribution in [0.5, 0.6) is 0 Å². The first-order valence-electron chi connectivity index (χ1n) is 12.1. The number of urea groups is 1. The average Bonchev–Trinajstić information content (AvgIpc) is 3.21. The van der Waals surface area contributed by atoms with Gasteiger partial charge in [-0.25, -0.2) is 9.48 Å². The Morgan fingerprint density at radius 2 is 1.89 bits per heavy atom. The van der Waals surface area contributed by atoms with Gasteiger partial charge < -0.3 is 15.4 Å². The molecule has 0 radical (unpaired) electrons. The fraction of sp³-hybridized carbons (Fsp3) is 0.480.